The lowest BCUT2D eigenvalue weighted by atomic mass is 10.2. The molecule has 0 unspecified atom stereocenters. The van der Waals surface area contributed by atoms with Crippen molar-refractivity contribution < 1.29 is 4.79 Å². The van der Waals surface area contributed by atoms with E-state index in [1.807, 2.05) is 26.0 Å². The van der Waals surface area contributed by atoms with E-state index >= 15 is 0 Å². The summed E-state index contributed by atoms with van der Waals surface area (Å²) in [6, 6.07) is 5.52. The molecular formula is C22H28N4O2S2. The van der Waals surface area contributed by atoms with Crippen molar-refractivity contribution in [2.75, 3.05) is 18.0 Å². The highest BCUT2D eigenvalue weighted by molar-refractivity contribution is 8.26. The molecule has 6 nitrogen and oxygen atoms in total. The normalized spacial score (nSPS) is 16.7. The van der Waals surface area contributed by atoms with Gasteiger partial charge in [0.05, 0.1) is 10.5 Å². The summed E-state index contributed by atoms with van der Waals surface area (Å²) >= 11 is 6.70. The SMILES string of the molecule is CCCN(CCC)c1nc2ccccn2c(=O)c1/C=C1\SC(=S)N([C@@H](C)CC)C1=O. The summed E-state index contributed by atoms with van der Waals surface area (Å²) in [5, 5.41) is 0. The Morgan fingerprint density at radius 2 is 1.90 bits per heavy atom. The van der Waals surface area contributed by atoms with Crippen molar-refractivity contribution in [1.29, 1.82) is 0 Å². The number of amides is 1. The molecule has 0 saturated carbocycles. The van der Waals surface area contributed by atoms with Crippen LogP contribution in [0.25, 0.3) is 11.7 Å². The summed E-state index contributed by atoms with van der Waals surface area (Å²) in [5.74, 6) is 0.490. The van der Waals surface area contributed by atoms with E-state index in [4.69, 9.17) is 17.2 Å². The lowest BCUT2D eigenvalue weighted by Gasteiger charge is -2.24. The van der Waals surface area contributed by atoms with Crippen LogP contribution in [0, 0.1) is 0 Å². The first kappa shape index (κ1) is 22.5. The van der Waals surface area contributed by atoms with Crippen LogP contribution in [0.5, 0.6) is 0 Å². The fourth-order valence-corrected chi connectivity index (χ4v) is 4.94. The van der Waals surface area contributed by atoms with Crippen molar-refractivity contribution in [2.45, 2.75) is 53.0 Å². The van der Waals surface area contributed by atoms with Crippen LogP contribution in [0.15, 0.2) is 34.1 Å². The maximum absolute atomic E-state index is 13.4. The van der Waals surface area contributed by atoms with Gasteiger partial charge >= 0.3 is 0 Å². The van der Waals surface area contributed by atoms with E-state index < -0.39 is 0 Å². The molecule has 2 aromatic rings. The van der Waals surface area contributed by atoms with Gasteiger partial charge in [-0.3, -0.25) is 18.9 Å². The zero-order chi connectivity index (χ0) is 21.8. The summed E-state index contributed by atoms with van der Waals surface area (Å²) < 4.78 is 2.07. The topological polar surface area (TPSA) is 57.9 Å². The van der Waals surface area contributed by atoms with Gasteiger partial charge in [-0.15, -0.1) is 0 Å². The first-order valence-corrected chi connectivity index (χ1v) is 11.7. The van der Waals surface area contributed by atoms with Gasteiger partial charge in [-0.05, 0) is 44.4 Å². The predicted molar refractivity (Wildman–Crippen MR) is 129 cm³/mol. The molecule has 0 bridgehead atoms. The van der Waals surface area contributed by atoms with Crippen molar-refractivity contribution in [2.24, 2.45) is 0 Å². The van der Waals surface area contributed by atoms with E-state index in [-0.39, 0.29) is 17.5 Å². The van der Waals surface area contributed by atoms with E-state index in [1.54, 1.807) is 23.2 Å². The molecule has 8 heteroatoms. The van der Waals surface area contributed by atoms with Crippen molar-refractivity contribution in [3.63, 3.8) is 0 Å². The third-order valence-electron chi connectivity index (χ3n) is 5.17. The third kappa shape index (κ3) is 4.30. The van der Waals surface area contributed by atoms with Crippen LogP contribution in [-0.2, 0) is 4.79 Å². The van der Waals surface area contributed by atoms with Crippen molar-refractivity contribution >= 4 is 51.7 Å². The number of fused-ring (bicyclic) bond motifs is 1. The first-order chi connectivity index (χ1) is 14.4. The van der Waals surface area contributed by atoms with Gasteiger partial charge in [0.15, 0.2) is 0 Å². The number of carbonyl (C=O) groups is 1. The number of nitrogens with zero attached hydrogens (tertiary/aromatic N) is 4. The Kier molecular flexibility index (Phi) is 7.31. The van der Waals surface area contributed by atoms with Crippen molar-refractivity contribution in [3.05, 3.63) is 45.2 Å². The standard InChI is InChI=1S/C22H28N4O2S2/c1-5-11-24(12-6-2)19-16(20(27)25-13-9-8-10-18(25)23-19)14-17-21(28)26(15(4)7-3)22(29)30-17/h8-10,13-15H,5-7,11-12H2,1-4H3/b17-14-/t15-/m0/s1. The molecule has 0 aromatic carbocycles. The molecule has 1 aliphatic rings. The van der Waals surface area contributed by atoms with Crippen LogP contribution in [0.1, 0.15) is 52.5 Å². The molecule has 0 N–H and O–H groups in total. The first-order valence-electron chi connectivity index (χ1n) is 10.5. The van der Waals surface area contributed by atoms with E-state index in [0.29, 0.717) is 26.3 Å². The van der Waals surface area contributed by atoms with Gasteiger partial charge < -0.3 is 4.90 Å². The molecule has 0 spiro atoms. The number of pyridine rings is 1. The summed E-state index contributed by atoms with van der Waals surface area (Å²) in [4.78, 5) is 35.5. The number of hydrogen-bond acceptors (Lipinski definition) is 6. The number of aromatic nitrogens is 2. The molecule has 1 aliphatic heterocycles. The van der Waals surface area contributed by atoms with Gasteiger partial charge in [0.2, 0.25) is 0 Å². The van der Waals surface area contributed by atoms with E-state index in [0.717, 1.165) is 32.4 Å². The largest absolute Gasteiger partial charge is 0.356 e. The Hall–Kier alpha value is -2.19. The minimum Gasteiger partial charge on any atom is -0.356 e. The molecular weight excluding hydrogens is 416 g/mol. The number of thioether (sulfide) groups is 1. The lowest BCUT2D eigenvalue weighted by Crippen LogP contribution is -2.36. The van der Waals surface area contributed by atoms with E-state index in [1.165, 1.54) is 16.2 Å². The van der Waals surface area contributed by atoms with Gasteiger partial charge in [0, 0.05) is 25.3 Å². The Balaban J connectivity index is 2.19. The second kappa shape index (κ2) is 9.75. The molecule has 3 rings (SSSR count). The Morgan fingerprint density at radius 1 is 1.20 bits per heavy atom. The molecule has 2 aromatic heterocycles. The fraction of sp³-hybridized carbons (Fsp3) is 0.455. The second-order valence-corrected chi connectivity index (χ2v) is 9.05. The molecule has 0 aliphatic carbocycles. The number of rotatable bonds is 8. The zero-order valence-electron chi connectivity index (χ0n) is 17.9. The predicted octanol–water partition coefficient (Wildman–Crippen LogP) is 4.32. The average Bonchev–Trinajstić information content (AvgIpc) is 3.02. The maximum Gasteiger partial charge on any atom is 0.267 e. The third-order valence-corrected chi connectivity index (χ3v) is 6.50. The van der Waals surface area contributed by atoms with Crippen LogP contribution < -0.4 is 10.5 Å². The molecule has 3 heterocycles. The molecule has 1 saturated heterocycles. The number of carbonyl (C=O) groups excluding carboxylic acids is 1. The summed E-state index contributed by atoms with van der Waals surface area (Å²) in [6.07, 6.45) is 6.08. The van der Waals surface area contributed by atoms with Crippen LogP contribution in [0.2, 0.25) is 0 Å². The van der Waals surface area contributed by atoms with Crippen LogP contribution in [-0.4, -0.2) is 43.6 Å². The highest BCUT2D eigenvalue weighted by Gasteiger charge is 2.35. The molecule has 1 fully saturated rings. The zero-order valence-corrected chi connectivity index (χ0v) is 19.6. The van der Waals surface area contributed by atoms with Crippen LogP contribution in [0.4, 0.5) is 5.82 Å². The fourth-order valence-electron chi connectivity index (χ4n) is 3.50. The quantitative estimate of drug-likeness (QED) is 0.446. The highest BCUT2D eigenvalue weighted by atomic mass is 32.2. The van der Waals surface area contributed by atoms with Gasteiger partial charge in [-0.25, -0.2) is 4.98 Å². The maximum atomic E-state index is 13.4. The Labute approximate surface area is 187 Å². The lowest BCUT2D eigenvalue weighted by molar-refractivity contribution is -0.123. The smallest absolute Gasteiger partial charge is 0.267 e. The number of thiocarbonyl (C=S) groups is 1. The summed E-state index contributed by atoms with van der Waals surface area (Å²) in [6.45, 7) is 9.80. The Bertz CT molecular complexity index is 1040. The van der Waals surface area contributed by atoms with Gasteiger partial charge in [0.1, 0.15) is 15.8 Å². The molecule has 30 heavy (non-hydrogen) atoms. The minimum absolute atomic E-state index is 0.0235. The number of anilines is 1. The summed E-state index contributed by atoms with van der Waals surface area (Å²) in [7, 11) is 0. The van der Waals surface area contributed by atoms with E-state index in [9.17, 15) is 9.59 Å². The molecule has 160 valence electrons. The minimum atomic E-state index is -0.179. The summed E-state index contributed by atoms with van der Waals surface area (Å²) in [5.41, 5.74) is 0.853. The molecule has 1 atom stereocenters. The average molecular weight is 445 g/mol. The highest BCUT2D eigenvalue weighted by Crippen LogP contribution is 2.35. The van der Waals surface area contributed by atoms with Gasteiger partial charge in [-0.1, -0.05) is 50.8 Å². The van der Waals surface area contributed by atoms with Crippen LogP contribution in [0.3, 0.4) is 0 Å². The monoisotopic (exact) mass is 444 g/mol. The molecule has 1 amide bonds. The second-order valence-electron chi connectivity index (χ2n) is 7.38. The van der Waals surface area contributed by atoms with E-state index in [2.05, 4.69) is 18.7 Å². The molecule has 0 radical (unpaired) electrons. The van der Waals surface area contributed by atoms with Crippen molar-refractivity contribution in [1.82, 2.24) is 14.3 Å². The van der Waals surface area contributed by atoms with Gasteiger partial charge in [0.25, 0.3) is 11.5 Å². The number of hydrogen-bond donors (Lipinski definition) is 0. The Morgan fingerprint density at radius 3 is 2.53 bits per heavy atom. The van der Waals surface area contributed by atoms with Crippen molar-refractivity contribution in [3.8, 4) is 0 Å². The van der Waals surface area contributed by atoms with Gasteiger partial charge in [-0.2, -0.15) is 0 Å². The van der Waals surface area contributed by atoms with Crippen LogP contribution >= 0.6 is 24.0 Å².